The normalized spacial score (nSPS) is 13.1. The Bertz CT molecular complexity index is 810. The first kappa shape index (κ1) is 17.9. The molecule has 0 aromatic heterocycles. The fraction of sp³-hybridized carbons (Fsp3) is 0.400. The van der Waals surface area contributed by atoms with Crippen LogP contribution in [0.5, 0.6) is 0 Å². The molecule has 0 atom stereocenters. The Morgan fingerprint density at radius 3 is 1.81 bits per heavy atom. The number of nitrogens with two attached hydrogens (primary N) is 1. The third-order valence-electron chi connectivity index (χ3n) is 2.66. The fourth-order valence-electron chi connectivity index (χ4n) is 1.40. The summed E-state index contributed by atoms with van der Waals surface area (Å²) in [5.41, 5.74) is 0.205. The Morgan fingerprint density at radius 1 is 0.952 bits per heavy atom. The summed E-state index contributed by atoms with van der Waals surface area (Å²) in [7, 11) is -9.83. The maximum atomic E-state index is 12.0. The van der Waals surface area contributed by atoms with Crippen LogP contribution < -0.4 is 9.44 Å². The molecule has 0 amide bonds. The third kappa shape index (κ3) is 5.26. The number of nitrogens with zero attached hydrogens (tertiary/aromatic N) is 1. The highest BCUT2D eigenvalue weighted by molar-refractivity contribution is 7.95. The van der Waals surface area contributed by atoms with Gasteiger partial charge in [-0.2, -0.15) is 0 Å². The molecule has 0 saturated carbocycles. The monoisotopic (exact) mass is 356 g/mol. The first-order chi connectivity index (χ1) is 9.33. The lowest BCUT2D eigenvalue weighted by Gasteiger charge is -2.19. The van der Waals surface area contributed by atoms with Gasteiger partial charge in [0.15, 0.2) is 0 Å². The van der Waals surface area contributed by atoms with Gasteiger partial charge in [0.2, 0.25) is 20.0 Å². The SMILES string of the molecule is CN(c1ccc(S(N)(=O)=O)cc1)S(=O)(=O)CCS(C)(=O)=O. The van der Waals surface area contributed by atoms with Crippen molar-refractivity contribution < 1.29 is 25.3 Å². The molecule has 0 aliphatic rings. The van der Waals surface area contributed by atoms with E-state index in [-0.39, 0.29) is 10.6 Å². The molecule has 0 aliphatic carbocycles. The van der Waals surface area contributed by atoms with Crippen LogP contribution in [0.15, 0.2) is 29.2 Å². The van der Waals surface area contributed by atoms with E-state index >= 15 is 0 Å². The summed E-state index contributed by atoms with van der Waals surface area (Å²) < 4.78 is 69.1. The predicted molar refractivity (Wildman–Crippen MR) is 79.7 cm³/mol. The summed E-state index contributed by atoms with van der Waals surface area (Å²) in [6, 6.07) is 4.90. The summed E-state index contributed by atoms with van der Waals surface area (Å²) in [5, 5.41) is 4.94. The van der Waals surface area contributed by atoms with Crippen molar-refractivity contribution in [3.63, 3.8) is 0 Å². The molecular formula is C10H16N2O6S3. The maximum Gasteiger partial charge on any atom is 0.238 e. The smallest absolute Gasteiger partial charge is 0.238 e. The molecule has 1 aromatic rings. The standard InChI is InChI=1S/C10H16N2O6S3/c1-12(20(15,16)8-7-19(2,13)14)9-3-5-10(6-4-9)21(11,17)18/h3-6H,7-8H2,1-2H3,(H2,11,17,18). The number of benzene rings is 1. The van der Waals surface area contributed by atoms with Gasteiger partial charge in [-0.3, -0.25) is 4.31 Å². The third-order valence-corrected chi connectivity index (χ3v) is 6.56. The van der Waals surface area contributed by atoms with Crippen molar-refractivity contribution in [2.75, 3.05) is 29.1 Å². The van der Waals surface area contributed by atoms with Gasteiger partial charge in [0, 0.05) is 13.3 Å². The summed E-state index contributed by atoms with van der Waals surface area (Å²) in [6.07, 6.45) is 0.948. The predicted octanol–water partition coefficient (Wildman–Crippen LogP) is -0.855. The first-order valence-electron chi connectivity index (χ1n) is 5.60. The average Bonchev–Trinajstić information content (AvgIpc) is 2.34. The number of primary sulfonamides is 1. The van der Waals surface area contributed by atoms with Crippen LogP contribution in [-0.2, 0) is 29.9 Å². The van der Waals surface area contributed by atoms with E-state index in [9.17, 15) is 25.3 Å². The zero-order valence-electron chi connectivity index (χ0n) is 11.4. The maximum absolute atomic E-state index is 12.0. The number of sulfonamides is 2. The summed E-state index contributed by atoms with van der Waals surface area (Å²) in [6.45, 7) is 0. The molecule has 0 bridgehead atoms. The molecule has 11 heteroatoms. The second-order valence-electron chi connectivity index (χ2n) is 4.45. The van der Waals surface area contributed by atoms with Gasteiger partial charge in [-0.05, 0) is 24.3 Å². The van der Waals surface area contributed by atoms with E-state index in [4.69, 9.17) is 5.14 Å². The van der Waals surface area contributed by atoms with Crippen molar-refractivity contribution >= 4 is 35.6 Å². The minimum Gasteiger partial charge on any atom is -0.273 e. The highest BCUT2D eigenvalue weighted by atomic mass is 32.2. The van der Waals surface area contributed by atoms with Crippen LogP contribution >= 0.6 is 0 Å². The van der Waals surface area contributed by atoms with E-state index in [2.05, 4.69) is 0 Å². The first-order valence-corrected chi connectivity index (χ1v) is 10.8. The van der Waals surface area contributed by atoms with E-state index < -0.39 is 41.4 Å². The average molecular weight is 356 g/mol. The van der Waals surface area contributed by atoms with Crippen LogP contribution in [0, 0.1) is 0 Å². The lowest BCUT2D eigenvalue weighted by molar-refractivity contribution is 0.589. The van der Waals surface area contributed by atoms with E-state index in [1.807, 2.05) is 0 Å². The number of anilines is 1. The van der Waals surface area contributed by atoms with E-state index in [1.54, 1.807) is 0 Å². The Labute approximate surface area is 124 Å². The van der Waals surface area contributed by atoms with Crippen molar-refractivity contribution in [3.8, 4) is 0 Å². The fourth-order valence-corrected chi connectivity index (χ4v) is 4.69. The molecule has 1 rings (SSSR count). The largest absolute Gasteiger partial charge is 0.273 e. The second-order valence-corrected chi connectivity index (χ2v) is 10.4. The molecular weight excluding hydrogens is 340 g/mol. The van der Waals surface area contributed by atoms with Crippen molar-refractivity contribution in [1.29, 1.82) is 0 Å². The number of hydrogen-bond donors (Lipinski definition) is 1. The van der Waals surface area contributed by atoms with Gasteiger partial charge >= 0.3 is 0 Å². The second kappa shape index (κ2) is 5.91. The molecule has 8 nitrogen and oxygen atoms in total. The molecule has 0 aliphatic heterocycles. The molecule has 0 heterocycles. The molecule has 0 fully saturated rings. The molecule has 2 N–H and O–H groups in total. The van der Waals surface area contributed by atoms with Crippen LogP contribution in [0.3, 0.4) is 0 Å². The molecule has 0 radical (unpaired) electrons. The number of rotatable bonds is 6. The molecule has 0 unspecified atom stereocenters. The van der Waals surface area contributed by atoms with Gasteiger partial charge in [-0.15, -0.1) is 0 Å². The van der Waals surface area contributed by atoms with E-state index in [1.165, 1.54) is 31.3 Å². The van der Waals surface area contributed by atoms with Gasteiger partial charge in [0.1, 0.15) is 9.84 Å². The number of hydrogen-bond acceptors (Lipinski definition) is 6. The quantitative estimate of drug-likeness (QED) is 0.706. The zero-order chi connectivity index (χ0) is 16.5. The van der Waals surface area contributed by atoms with Crippen LogP contribution in [0.2, 0.25) is 0 Å². The molecule has 120 valence electrons. The summed E-state index contributed by atoms with van der Waals surface area (Å²) in [4.78, 5) is -0.145. The van der Waals surface area contributed by atoms with Gasteiger partial charge in [-0.1, -0.05) is 0 Å². The Morgan fingerprint density at radius 2 is 1.43 bits per heavy atom. The van der Waals surface area contributed by atoms with Crippen LogP contribution in [0.1, 0.15) is 0 Å². The van der Waals surface area contributed by atoms with Gasteiger partial charge < -0.3 is 0 Å². The van der Waals surface area contributed by atoms with Crippen molar-refractivity contribution in [1.82, 2.24) is 0 Å². The Balaban J connectivity index is 3.00. The van der Waals surface area contributed by atoms with Gasteiger partial charge in [0.25, 0.3) is 0 Å². The zero-order valence-corrected chi connectivity index (χ0v) is 13.9. The molecule has 1 aromatic carbocycles. The number of sulfone groups is 1. The highest BCUT2D eigenvalue weighted by Crippen LogP contribution is 2.19. The van der Waals surface area contributed by atoms with Crippen molar-refractivity contribution in [2.45, 2.75) is 4.90 Å². The lowest BCUT2D eigenvalue weighted by atomic mass is 10.3. The molecule has 0 saturated heterocycles. The molecule has 21 heavy (non-hydrogen) atoms. The van der Waals surface area contributed by atoms with Crippen LogP contribution in [-0.4, -0.2) is 50.1 Å². The lowest BCUT2D eigenvalue weighted by Crippen LogP contribution is -2.31. The van der Waals surface area contributed by atoms with Crippen LogP contribution in [0.4, 0.5) is 5.69 Å². The highest BCUT2D eigenvalue weighted by Gasteiger charge is 2.21. The summed E-state index contributed by atoms with van der Waals surface area (Å²) in [5.74, 6) is -1.05. The Kier molecular flexibility index (Phi) is 5.03. The topological polar surface area (TPSA) is 132 Å². The van der Waals surface area contributed by atoms with Gasteiger partial charge in [0.05, 0.1) is 22.1 Å². The van der Waals surface area contributed by atoms with E-state index in [0.717, 1.165) is 10.6 Å². The Hall–Kier alpha value is -1.17. The minimum absolute atomic E-state index is 0.145. The molecule has 0 spiro atoms. The summed E-state index contributed by atoms with van der Waals surface area (Å²) >= 11 is 0. The minimum atomic E-state index is -3.86. The van der Waals surface area contributed by atoms with Crippen LogP contribution in [0.25, 0.3) is 0 Å². The van der Waals surface area contributed by atoms with E-state index in [0.29, 0.717) is 0 Å². The van der Waals surface area contributed by atoms with Gasteiger partial charge in [-0.25, -0.2) is 30.4 Å². The van der Waals surface area contributed by atoms with Crippen molar-refractivity contribution in [3.05, 3.63) is 24.3 Å². The van der Waals surface area contributed by atoms with Crippen molar-refractivity contribution in [2.24, 2.45) is 5.14 Å².